The molecule has 0 saturated carbocycles. The molecular formula is C14H22N2O. The smallest absolute Gasteiger partial charge is 0.225 e. The second-order valence-electron chi connectivity index (χ2n) is 5.71. The molecular weight excluding hydrogens is 212 g/mol. The molecule has 1 amide bonds. The molecule has 0 atom stereocenters. The van der Waals surface area contributed by atoms with Gasteiger partial charge in [-0.25, -0.2) is 0 Å². The summed E-state index contributed by atoms with van der Waals surface area (Å²) in [7, 11) is 0. The predicted octanol–water partition coefficient (Wildman–Crippen LogP) is 2.87. The monoisotopic (exact) mass is 234 g/mol. The van der Waals surface area contributed by atoms with Crippen LogP contribution < -0.4 is 5.32 Å². The van der Waals surface area contributed by atoms with Gasteiger partial charge >= 0.3 is 0 Å². The number of nitrogens with zero attached hydrogens (tertiary/aromatic N) is 1. The summed E-state index contributed by atoms with van der Waals surface area (Å²) in [6, 6.07) is 2.10. The van der Waals surface area contributed by atoms with Crippen molar-refractivity contribution in [2.24, 2.45) is 5.41 Å². The first kappa shape index (κ1) is 13.7. The van der Waals surface area contributed by atoms with E-state index >= 15 is 0 Å². The van der Waals surface area contributed by atoms with E-state index in [9.17, 15) is 4.79 Å². The average Bonchev–Trinajstić information content (AvgIpc) is 2.25. The van der Waals surface area contributed by atoms with Crippen molar-refractivity contribution in [2.75, 3.05) is 0 Å². The van der Waals surface area contributed by atoms with E-state index in [4.69, 9.17) is 0 Å². The summed E-state index contributed by atoms with van der Waals surface area (Å²) >= 11 is 0. The van der Waals surface area contributed by atoms with E-state index in [0.29, 0.717) is 12.5 Å². The zero-order valence-corrected chi connectivity index (χ0v) is 11.4. The van der Waals surface area contributed by atoms with Gasteiger partial charge in [0.25, 0.3) is 0 Å². The predicted molar refractivity (Wildman–Crippen MR) is 69.6 cm³/mol. The van der Waals surface area contributed by atoms with Crippen molar-refractivity contribution in [1.82, 2.24) is 10.3 Å². The summed E-state index contributed by atoms with van der Waals surface area (Å²) < 4.78 is 0. The second kappa shape index (κ2) is 5.30. The number of amides is 1. The van der Waals surface area contributed by atoms with E-state index in [-0.39, 0.29) is 11.3 Å². The minimum Gasteiger partial charge on any atom is -0.352 e. The van der Waals surface area contributed by atoms with E-state index in [1.807, 2.05) is 27.0 Å². The third-order valence-corrected chi connectivity index (χ3v) is 2.62. The molecule has 0 fully saturated rings. The molecule has 1 rings (SSSR count). The highest BCUT2D eigenvalue weighted by Gasteiger charge is 2.20. The molecule has 3 nitrogen and oxygen atoms in total. The Balaban J connectivity index is 2.64. The van der Waals surface area contributed by atoms with E-state index < -0.39 is 0 Å². The van der Waals surface area contributed by atoms with Gasteiger partial charge in [-0.15, -0.1) is 0 Å². The van der Waals surface area contributed by atoms with Gasteiger partial charge in [0.1, 0.15) is 0 Å². The normalized spacial score (nSPS) is 11.6. The van der Waals surface area contributed by atoms with Crippen LogP contribution in [0, 0.1) is 5.41 Å². The van der Waals surface area contributed by atoms with Gasteiger partial charge in [-0.2, -0.15) is 0 Å². The van der Waals surface area contributed by atoms with Crippen molar-refractivity contribution in [1.29, 1.82) is 0 Å². The van der Waals surface area contributed by atoms with Crippen LogP contribution >= 0.6 is 0 Å². The lowest BCUT2D eigenvalue weighted by Crippen LogP contribution is -2.34. The summed E-state index contributed by atoms with van der Waals surface area (Å²) in [6.07, 6.45) is 3.68. The van der Waals surface area contributed by atoms with Crippen LogP contribution in [0.5, 0.6) is 0 Å². The summed E-state index contributed by atoms with van der Waals surface area (Å²) in [4.78, 5) is 15.9. The maximum absolute atomic E-state index is 11.7. The molecule has 0 bridgehead atoms. The quantitative estimate of drug-likeness (QED) is 0.873. The van der Waals surface area contributed by atoms with Gasteiger partial charge in [-0.05, 0) is 17.0 Å². The first-order valence-corrected chi connectivity index (χ1v) is 6.03. The molecule has 1 aromatic heterocycles. The average molecular weight is 234 g/mol. The number of aromatic nitrogens is 1. The molecule has 0 aliphatic rings. The number of carbonyl (C=O) groups is 1. The van der Waals surface area contributed by atoms with Crippen LogP contribution in [0.1, 0.15) is 51.7 Å². The topological polar surface area (TPSA) is 42.0 Å². The molecule has 0 aliphatic carbocycles. The number of pyridine rings is 1. The summed E-state index contributed by atoms with van der Waals surface area (Å²) in [5, 5.41) is 2.93. The molecule has 0 aliphatic heterocycles. The highest BCUT2D eigenvalue weighted by molar-refractivity contribution is 5.81. The molecule has 1 heterocycles. The van der Waals surface area contributed by atoms with Gasteiger partial charge in [-0.3, -0.25) is 9.78 Å². The molecule has 17 heavy (non-hydrogen) atoms. The molecule has 94 valence electrons. The maximum atomic E-state index is 11.7. The van der Waals surface area contributed by atoms with Crippen molar-refractivity contribution < 1.29 is 4.79 Å². The van der Waals surface area contributed by atoms with E-state index in [0.717, 1.165) is 5.56 Å². The highest BCUT2D eigenvalue weighted by Crippen LogP contribution is 2.15. The second-order valence-corrected chi connectivity index (χ2v) is 5.71. The van der Waals surface area contributed by atoms with Gasteiger partial charge in [0.05, 0.1) is 0 Å². The van der Waals surface area contributed by atoms with Crippen molar-refractivity contribution in [3.63, 3.8) is 0 Å². The molecule has 1 aromatic rings. The number of carbonyl (C=O) groups excluding carboxylic acids is 1. The van der Waals surface area contributed by atoms with Crippen molar-refractivity contribution in [3.05, 3.63) is 29.6 Å². The third kappa shape index (κ3) is 4.17. The fourth-order valence-corrected chi connectivity index (χ4v) is 1.37. The SMILES string of the molecule is CC(C)c1cncc(CNC(=O)C(C)(C)C)c1. The van der Waals surface area contributed by atoms with Crippen LogP contribution in [0.15, 0.2) is 18.5 Å². The standard InChI is InChI=1S/C14H22N2O/c1-10(2)12-6-11(7-15-9-12)8-16-13(17)14(3,4)5/h6-7,9-10H,8H2,1-5H3,(H,16,17). The number of nitrogens with one attached hydrogen (secondary N) is 1. The lowest BCUT2D eigenvalue weighted by molar-refractivity contribution is -0.128. The molecule has 0 spiro atoms. The Morgan fingerprint density at radius 3 is 2.53 bits per heavy atom. The van der Waals surface area contributed by atoms with Crippen LogP contribution in [-0.4, -0.2) is 10.9 Å². The van der Waals surface area contributed by atoms with Crippen LogP contribution in [0.3, 0.4) is 0 Å². The maximum Gasteiger partial charge on any atom is 0.225 e. The van der Waals surface area contributed by atoms with Crippen LogP contribution in [0.25, 0.3) is 0 Å². The minimum atomic E-state index is -0.344. The van der Waals surface area contributed by atoms with E-state index in [1.165, 1.54) is 5.56 Å². The summed E-state index contributed by atoms with van der Waals surface area (Å²) in [5.74, 6) is 0.521. The number of hydrogen-bond acceptors (Lipinski definition) is 2. The van der Waals surface area contributed by atoms with Gasteiger partial charge in [-0.1, -0.05) is 40.7 Å². The van der Waals surface area contributed by atoms with Crippen LogP contribution in [-0.2, 0) is 11.3 Å². The fraction of sp³-hybridized carbons (Fsp3) is 0.571. The van der Waals surface area contributed by atoms with Gasteiger partial charge in [0.2, 0.25) is 5.91 Å². The number of rotatable bonds is 3. The zero-order chi connectivity index (χ0) is 13.1. The van der Waals surface area contributed by atoms with Crippen molar-refractivity contribution in [3.8, 4) is 0 Å². The Kier molecular flexibility index (Phi) is 4.27. The van der Waals surface area contributed by atoms with Gasteiger partial charge < -0.3 is 5.32 Å². The molecule has 0 aromatic carbocycles. The Bertz CT molecular complexity index is 391. The van der Waals surface area contributed by atoms with Crippen molar-refractivity contribution >= 4 is 5.91 Å². The molecule has 1 N–H and O–H groups in total. The lowest BCUT2D eigenvalue weighted by atomic mass is 9.95. The largest absolute Gasteiger partial charge is 0.352 e. The molecule has 0 unspecified atom stereocenters. The van der Waals surface area contributed by atoms with E-state index in [1.54, 1.807) is 6.20 Å². The molecule has 0 saturated heterocycles. The molecule has 0 radical (unpaired) electrons. The van der Waals surface area contributed by atoms with Crippen LogP contribution in [0.2, 0.25) is 0 Å². The zero-order valence-electron chi connectivity index (χ0n) is 11.4. The lowest BCUT2D eigenvalue weighted by Gasteiger charge is -2.17. The first-order chi connectivity index (χ1) is 7.80. The fourth-order valence-electron chi connectivity index (χ4n) is 1.37. The third-order valence-electron chi connectivity index (χ3n) is 2.62. The minimum absolute atomic E-state index is 0.0625. The Morgan fingerprint density at radius 2 is 2.00 bits per heavy atom. The Hall–Kier alpha value is -1.38. The van der Waals surface area contributed by atoms with E-state index in [2.05, 4.69) is 30.2 Å². The first-order valence-electron chi connectivity index (χ1n) is 6.03. The van der Waals surface area contributed by atoms with Gasteiger partial charge in [0.15, 0.2) is 0 Å². The summed E-state index contributed by atoms with van der Waals surface area (Å²) in [6.45, 7) is 10.5. The number of hydrogen-bond donors (Lipinski definition) is 1. The Morgan fingerprint density at radius 1 is 1.35 bits per heavy atom. The van der Waals surface area contributed by atoms with Crippen molar-refractivity contribution in [2.45, 2.75) is 47.1 Å². The van der Waals surface area contributed by atoms with Gasteiger partial charge in [0, 0.05) is 24.4 Å². The van der Waals surface area contributed by atoms with Crippen LogP contribution in [0.4, 0.5) is 0 Å². The summed E-state index contributed by atoms with van der Waals surface area (Å²) in [5.41, 5.74) is 1.91. The molecule has 3 heteroatoms. The Labute approximate surface area is 104 Å². The highest BCUT2D eigenvalue weighted by atomic mass is 16.2.